The third-order valence-electron chi connectivity index (χ3n) is 2.55. The fraction of sp³-hybridized carbons (Fsp3) is 0.417. The third-order valence-corrected chi connectivity index (χ3v) is 2.55. The summed E-state index contributed by atoms with van der Waals surface area (Å²) in [6.45, 7) is 6.00. The first-order chi connectivity index (χ1) is 8.31. The van der Waals surface area contributed by atoms with Crippen molar-refractivity contribution in [3.63, 3.8) is 0 Å². The molecule has 0 spiro atoms. The van der Waals surface area contributed by atoms with Gasteiger partial charge in [-0.25, -0.2) is 15.0 Å². The van der Waals surface area contributed by atoms with Crippen molar-refractivity contribution in [2.45, 2.75) is 26.8 Å². The van der Waals surface area contributed by atoms with Crippen molar-refractivity contribution in [3.05, 3.63) is 36.2 Å². The highest BCUT2D eigenvalue weighted by molar-refractivity contribution is 5.21. The van der Waals surface area contributed by atoms with E-state index < -0.39 is 0 Å². The van der Waals surface area contributed by atoms with Crippen LogP contribution in [-0.2, 0) is 6.54 Å². The summed E-state index contributed by atoms with van der Waals surface area (Å²) in [5.74, 6) is 0.666. The molecule has 0 atom stereocenters. The minimum atomic E-state index is 0.666. The summed E-state index contributed by atoms with van der Waals surface area (Å²) in [5.41, 5.74) is 2.15. The summed E-state index contributed by atoms with van der Waals surface area (Å²) in [5, 5.41) is 3.35. The highest BCUT2D eigenvalue weighted by atomic mass is 15.2. The molecular weight excluding hydrogens is 214 g/mol. The molecule has 0 bridgehead atoms. The van der Waals surface area contributed by atoms with Gasteiger partial charge < -0.3 is 5.32 Å². The molecule has 0 saturated carbocycles. The Bertz CT molecular complexity index is 464. The molecule has 5 heteroatoms. The molecule has 0 saturated heterocycles. The second-order valence-corrected chi connectivity index (χ2v) is 3.93. The molecule has 2 heterocycles. The van der Waals surface area contributed by atoms with E-state index in [2.05, 4.69) is 27.2 Å². The minimum Gasteiger partial charge on any atom is -0.313 e. The largest absolute Gasteiger partial charge is 0.313 e. The van der Waals surface area contributed by atoms with E-state index >= 15 is 0 Å². The number of hydrogen-bond donors (Lipinski definition) is 1. The lowest BCUT2D eigenvalue weighted by molar-refractivity contribution is 0.667. The van der Waals surface area contributed by atoms with Crippen molar-refractivity contribution < 1.29 is 0 Å². The normalized spacial score (nSPS) is 10.7. The summed E-state index contributed by atoms with van der Waals surface area (Å²) in [6, 6.07) is 0. The molecule has 0 amide bonds. The number of imidazole rings is 1. The van der Waals surface area contributed by atoms with E-state index in [1.165, 1.54) is 0 Å². The summed E-state index contributed by atoms with van der Waals surface area (Å²) >= 11 is 0. The molecule has 0 radical (unpaired) electrons. The van der Waals surface area contributed by atoms with Crippen LogP contribution < -0.4 is 5.32 Å². The molecule has 0 aliphatic heterocycles. The van der Waals surface area contributed by atoms with E-state index in [-0.39, 0.29) is 0 Å². The predicted molar refractivity (Wildman–Crippen MR) is 65.9 cm³/mol. The fourth-order valence-electron chi connectivity index (χ4n) is 1.55. The van der Waals surface area contributed by atoms with E-state index in [1.54, 1.807) is 17.1 Å². The Balaban J connectivity index is 2.12. The van der Waals surface area contributed by atoms with Gasteiger partial charge in [0.15, 0.2) is 0 Å². The van der Waals surface area contributed by atoms with Gasteiger partial charge in [0.2, 0.25) is 5.95 Å². The number of hydrogen-bond acceptors (Lipinski definition) is 4. The topological polar surface area (TPSA) is 55.6 Å². The van der Waals surface area contributed by atoms with Crippen LogP contribution in [-0.4, -0.2) is 26.1 Å². The van der Waals surface area contributed by atoms with Crippen LogP contribution >= 0.6 is 0 Å². The van der Waals surface area contributed by atoms with Crippen LogP contribution in [0.25, 0.3) is 5.95 Å². The van der Waals surface area contributed by atoms with E-state index in [9.17, 15) is 0 Å². The van der Waals surface area contributed by atoms with Crippen LogP contribution in [0.2, 0.25) is 0 Å². The molecular formula is C12H17N5. The second kappa shape index (κ2) is 5.54. The smallest absolute Gasteiger partial charge is 0.235 e. The van der Waals surface area contributed by atoms with E-state index in [0.717, 1.165) is 30.8 Å². The second-order valence-electron chi connectivity index (χ2n) is 3.93. The molecule has 0 aliphatic rings. The molecule has 0 unspecified atom stereocenters. The van der Waals surface area contributed by atoms with Gasteiger partial charge in [0, 0.05) is 36.4 Å². The zero-order chi connectivity index (χ0) is 12.1. The highest BCUT2D eigenvalue weighted by Crippen LogP contribution is 2.06. The van der Waals surface area contributed by atoms with Crippen molar-refractivity contribution in [1.29, 1.82) is 0 Å². The lowest BCUT2D eigenvalue weighted by Gasteiger charge is -2.07. The van der Waals surface area contributed by atoms with Gasteiger partial charge in [-0.3, -0.25) is 4.57 Å². The molecule has 0 aliphatic carbocycles. The minimum absolute atomic E-state index is 0.666. The third kappa shape index (κ3) is 2.88. The van der Waals surface area contributed by atoms with Crippen molar-refractivity contribution in [1.82, 2.24) is 24.8 Å². The molecule has 5 nitrogen and oxygen atoms in total. The van der Waals surface area contributed by atoms with Gasteiger partial charge >= 0.3 is 0 Å². The maximum absolute atomic E-state index is 4.47. The van der Waals surface area contributed by atoms with Crippen molar-refractivity contribution in [2.75, 3.05) is 6.54 Å². The average Bonchev–Trinajstić information content (AvgIpc) is 2.85. The van der Waals surface area contributed by atoms with Crippen LogP contribution in [0.1, 0.15) is 24.6 Å². The number of aryl methyl sites for hydroxylation is 1. The van der Waals surface area contributed by atoms with Crippen LogP contribution in [0.15, 0.2) is 24.9 Å². The Morgan fingerprint density at radius 3 is 2.94 bits per heavy atom. The standard InChI is InChI=1S/C12H17N5/c1-3-4-13-7-11-8-15-12(16-10(11)2)17-6-5-14-9-17/h5-6,8-9,13H,3-4,7H2,1-2H3. The van der Waals surface area contributed by atoms with Gasteiger partial charge in [-0.15, -0.1) is 0 Å². The average molecular weight is 231 g/mol. The van der Waals surface area contributed by atoms with Crippen LogP contribution in [0.3, 0.4) is 0 Å². The van der Waals surface area contributed by atoms with Crippen molar-refractivity contribution in [2.24, 2.45) is 0 Å². The van der Waals surface area contributed by atoms with Crippen LogP contribution in [0.4, 0.5) is 0 Å². The Morgan fingerprint density at radius 2 is 2.29 bits per heavy atom. The SMILES string of the molecule is CCCNCc1cnc(-n2ccnc2)nc1C. The molecule has 17 heavy (non-hydrogen) atoms. The molecule has 2 aromatic heterocycles. The zero-order valence-corrected chi connectivity index (χ0v) is 10.2. The molecule has 2 aromatic rings. The Labute approximate surface area is 101 Å². The number of nitrogens with zero attached hydrogens (tertiary/aromatic N) is 4. The summed E-state index contributed by atoms with van der Waals surface area (Å²) in [4.78, 5) is 12.8. The van der Waals surface area contributed by atoms with Crippen LogP contribution in [0, 0.1) is 6.92 Å². The van der Waals surface area contributed by atoms with Crippen LogP contribution in [0.5, 0.6) is 0 Å². The maximum Gasteiger partial charge on any atom is 0.235 e. The monoisotopic (exact) mass is 231 g/mol. The summed E-state index contributed by atoms with van der Waals surface area (Å²) in [6.07, 6.45) is 8.26. The van der Waals surface area contributed by atoms with E-state index in [4.69, 9.17) is 0 Å². The van der Waals surface area contributed by atoms with Gasteiger partial charge in [-0.1, -0.05) is 6.92 Å². The lowest BCUT2D eigenvalue weighted by Crippen LogP contribution is -2.16. The first kappa shape index (κ1) is 11.7. The lowest BCUT2D eigenvalue weighted by atomic mass is 10.2. The van der Waals surface area contributed by atoms with Gasteiger partial charge in [0.1, 0.15) is 6.33 Å². The summed E-state index contributed by atoms with van der Waals surface area (Å²) < 4.78 is 1.80. The van der Waals surface area contributed by atoms with E-state index in [1.807, 2.05) is 19.3 Å². The van der Waals surface area contributed by atoms with Gasteiger partial charge in [-0.2, -0.15) is 0 Å². The summed E-state index contributed by atoms with van der Waals surface area (Å²) in [7, 11) is 0. The Hall–Kier alpha value is -1.75. The molecule has 0 fully saturated rings. The quantitative estimate of drug-likeness (QED) is 0.792. The molecule has 1 N–H and O–H groups in total. The number of rotatable bonds is 5. The molecule has 2 rings (SSSR count). The van der Waals surface area contributed by atoms with Gasteiger partial charge in [-0.05, 0) is 19.9 Å². The Morgan fingerprint density at radius 1 is 1.41 bits per heavy atom. The molecule has 90 valence electrons. The Kier molecular flexibility index (Phi) is 3.82. The first-order valence-electron chi connectivity index (χ1n) is 5.83. The number of nitrogens with one attached hydrogen (secondary N) is 1. The predicted octanol–water partition coefficient (Wildman–Crippen LogP) is 1.47. The van der Waals surface area contributed by atoms with E-state index in [0.29, 0.717) is 5.95 Å². The number of aromatic nitrogens is 4. The zero-order valence-electron chi connectivity index (χ0n) is 10.2. The fourth-order valence-corrected chi connectivity index (χ4v) is 1.55. The van der Waals surface area contributed by atoms with Gasteiger partial charge in [0.05, 0.1) is 0 Å². The van der Waals surface area contributed by atoms with Crippen molar-refractivity contribution >= 4 is 0 Å². The first-order valence-corrected chi connectivity index (χ1v) is 5.83. The molecule has 0 aromatic carbocycles. The van der Waals surface area contributed by atoms with Crippen molar-refractivity contribution in [3.8, 4) is 5.95 Å². The highest BCUT2D eigenvalue weighted by Gasteiger charge is 2.04. The van der Waals surface area contributed by atoms with Gasteiger partial charge in [0.25, 0.3) is 0 Å². The maximum atomic E-state index is 4.47.